The Morgan fingerprint density at radius 3 is 2.41 bits per heavy atom. The zero-order valence-corrected chi connectivity index (χ0v) is 11.4. The lowest BCUT2D eigenvalue weighted by Crippen LogP contribution is -2.04. The molecule has 0 aliphatic carbocycles. The third-order valence-electron chi connectivity index (χ3n) is 3.06. The van der Waals surface area contributed by atoms with Crippen LogP contribution in [0.2, 0.25) is 0 Å². The second-order valence-electron chi connectivity index (χ2n) is 4.78. The monoisotopic (exact) mass is 234 g/mol. The molecule has 1 aromatic carbocycles. The largest absolute Gasteiger partial charge is 0.497 e. The summed E-state index contributed by atoms with van der Waals surface area (Å²) in [6.45, 7) is 6.62. The van der Waals surface area contributed by atoms with Gasteiger partial charge in [-0.1, -0.05) is 32.9 Å². The Kier molecular flexibility index (Phi) is 4.62. The zero-order chi connectivity index (χ0) is 12.9. The first-order valence-electron chi connectivity index (χ1n) is 5.93. The minimum Gasteiger partial charge on any atom is -0.497 e. The molecule has 17 heavy (non-hydrogen) atoms. The third kappa shape index (κ3) is 3.81. The van der Waals surface area contributed by atoms with Crippen LogP contribution in [0.3, 0.4) is 0 Å². The molecule has 0 radical (unpaired) electrons. The van der Waals surface area contributed by atoms with Crippen LogP contribution in [0.15, 0.2) is 24.3 Å². The van der Waals surface area contributed by atoms with Crippen LogP contribution in [0.1, 0.15) is 32.8 Å². The molecule has 0 aromatic heterocycles. The van der Waals surface area contributed by atoms with Crippen LogP contribution < -0.4 is 9.47 Å². The van der Waals surface area contributed by atoms with Gasteiger partial charge in [-0.15, -0.1) is 0 Å². The molecule has 0 fully saturated rings. The van der Waals surface area contributed by atoms with Gasteiger partial charge in [0.2, 0.25) is 0 Å². The molecule has 0 aliphatic heterocycles. The first kappa shape index (κ1) is 13.6. The molecule has 0 saturated heterocycles. The number of allylic oxidation sites excluding steroid dienone is 1. The molecule has 1 rings (SSSR count). The summed E-state index contributed by atoms with van der Waals surface area (Å²) in [5, 5.41) is 0. The van der Waals surface area contributed by atoms with Crippen molar-refractivity contribution in [3.8, 4) is 11.5 Å². The van der Waals surface area contributed by atoms with Crippen LogP contribution in [0, 0.1) is 5.41 Å². The van der Waals surface area contributed by atoms with E-state index in [1.54, 1.807) is 14.2 Å². The average Bonchev–Trinajstić information content (AvgIpc) is 2.36. The highest BCUT2D eigenvalue weighted by Gasteiger charge is 2.10. The number of ether oxygens (including phenoxy) is 2. The Hall–Kier alpha value is -1.44. The van der Waals surface area contributed by atoms with Gasteiger partial charge < -0.3 is 9.47 Å². The molecule has 0 unspecified atom stereocenters. The highest BCUT2D eigenvalue weighted by molar-refractivity contribution is 5.60. The molecule has 0 aliphatic rings. The van der Waals surface area contributed by atoms with Crippen molar-refractivity contribution in [2.45, 2.75) is 27.2 Å². The van der Waals surface area contributed by atoms with Crippen molar-refractivity contribution in [3.05, 3.63) is 29.8 Å². The van der Waals surface area contributed by atoms with Crippen molar-refractivity contribution >= 4 is 6.08 Å². The maximum absolute atomic E-state index is 5.34. The summed E-state index contributed by atoms with van der Waals surface area (Å²) in [6, 6.07) is 5.82. The predicted molar refractivity (Wildman–Crippen MR) is 72.7 cm³/mol. The Morgan fingerprint density at radius 1 is 1.18 bits per heavy atom. The number of hydrogen-bond donors (Lipinski definition) is 0. The molecule has 2 heteroatoms. The molecule has 0 bridgehead atoms. The Morgan fingerprint density at radius 2 is 1.88 bits per heavy atom. The summed E-state index contributed by atoms with van der Waals surface area (Å²) in [4.78, 5) is 0. The van der Waals surface area contributed by atoms with Crippen LogP contribution in [-0.4, -0.2) is 14.2 Å². The zero-order valence-electron chi connectivity index (χ0n) is 11.4. The third-order valence-corrected chi connectivity index (χ3v) is 3.06. The summed E-state index contributed by atoms with van der Waals surface area (Å²) >= 11 is 0. The van der Waals surface area contributed by atoms with E-state index >= 15 is 0 Å². The van der Waals surface area contributed by atoms with Gasteiger partial charge in [-0.05, 0) is 30.0 Å². The van der Waals surface area contributed by atoms with E-state index in [1.807, 2.05) is 18.2 Å². The van der Waals surface area contributed by atoms with Gasteiger partial charge in [-0.2, -0.15) is 0 Å². The molecular formula is C15H22O2. The Balaban J connectivity index is 3.03. The quantitative estimate of drug-likeness (QED) is 0.761. The van der Waals surface area contributed by atoms with E-state index in [-0.39, 0.29) is 5.41 Å². The summed E-state index contributed by atoms with van der Waals surface area (Å²) in [6.07, 6.45) is 5.42. The Bertz CT molecular complexity index is 392. The summed E-state index contributed by atoms with van der Waals surface area (Å²) in [5.74, 6) is 1.72. The lowest BCUT2D eigenvalue weighted by molar-refractivity contribution is 0.402. The van der Waals surface area contributed by atoms with Gasteiger partial charge in [0, 0.05) is 5.56 Å². The summed E-state index contributed by atoms with van der Waals surface area (Å²) in [7, 11) is 3.36. The minimum atomic E-state index is 0.202. The highest BCUT2D eigenvalue weighted by atomic mass is 16.5. The van der Waals surface area contributed by atoms with E-state index in [9.17, 15) is 0 Å². The van der Waals surface area contributed by atoms with Crippen molar-refractivity contribution in [1.82, 2.24) is 0 Å². The lowest BCUT2D eigenvalue weighted by Gasteiger charge is -2.17. The van der Waals surface area contributed by atoms with E-state index in [0.29, 0.717) is 0 Å². The van der Waals surface area contributed by atoms with Gasteiger partial charge >= 0.3 is 0 Å². The van der Waals surface area contributed by atoms with Crippen molar-refractivity contribution in [2.75, 3.05) is 14.2 Å². The number of benzene rings is 1. The van der Waals surface area contributed by atoms with Crippen molar-refractivity contribution in [1.29, 1.82) is 0 Å². The van der Waals surface area contributed by atoms with E-state index < -0.39 is 0 Å². The molecule has 0 spiro atoms. The lowest BCUT2D eigenvalue weighted by atomic mass is 9.89. The van der Waals surface area contributed by atoms with Crippen molar-refractivity contribution < 1.29 is 9.47 Å². The second-order valence-corrected chi connectivity index (χ2v) is 4.78. The SMILES string of the molecule is CCC(C)(C)/C=C/c1cc(OC)ccc1OC. The van der Waals surface area contributed by atoms with E-state index in [1.165, 1.54) is 0 Å². The Labute approximate surface area is 104 Å². The maximum atomic E-state index is 5.34. The standard InChI is InChI=1S/C15H22O2/c1-6-15(2,3)10-9-12-11-13(16-4)7-8-14(12)17-5/h7-11H,6H2,1-5H3/b10-9+. The topological polar surface area (TPSA) is 18.5 Å². The minimum absolute atomic E-state index is 0.202. The van der Waals surface area contributed by atoms with Crippen LogP contribution >= 0.6 is 0 Å². The fourth-order valence-corrected chi connectivity index (χ4v) is 1.40. The predicted octanol–water partition coefficient (Wildman–Crippen LogP) is 4.15. The van der Waals surface area contributed by atoms with Gasteiger partial charge in [0.25, 0.3) is 0 Å². The van der Waals surface area contributed by atoms with E-state index in [4.69, 9.17) is 9.47 Å². The fourth-order valence-electron chi connectivity index (χ4n) is 1.40. The van der Waals surface area contributed by atoms with Crippen molar-refractivity contribution in [3.63, 3.8) is 0 Å². The molecule has 0 saturated carbocycles. The van der Waals surface area contributed by atoms with Crippen LogP contribution in [0.4, 0.5) is 0 Å². The normalized spacial score (nSPS) is 11.8. The first-order valence-corrected chi connectivity index (χ1v) is 5.93. The molecule has 2 nitrogen and oxygen atoms in total. The average molecular weight is 234 g/mol. The molecule has 94 valence electrons. The fraction of sp³-hybridized carbons (Fsp3) is 0.467. The van der Waals surface area contributed by atoms with Gasteiger partial charge in [-0.3, -0.25) is 0 Å². The number of hydrogen-bond acceptors (Lipinski definition) is 2. The molecular weight excluding hydrogens is 212 g/mol. The number of rotatable bonds is 5. The van der Waals surface area contributed by atoms with Gasteiger partial charge in [0.05, 0.1) is 14.2 Å². The summed E-state index contributed by atoms with van der Waals surface area (Å²) in [5.41, 5.74) is 1.25. The summed E-state index contributed by atoms with van der Waals surface area (Å²) < 4.78 is 10.6. The van der Waals surface area contributed by atoms with Gasteiger partial charge in [-0.25, -0.2) is 0 Å². The molecule has 0 N–H and O–H groups in total. The van der Waals surface area contributed by atoms with E-state index in [0.717, 1.165) is 23.5 Å². The first-order chi connectivity index (χ1) is 8.02. The molecule has 0 atom stereocenters. The second kappa shape index (κ2) is 5.76. The van der Waals surface area contributed by atoms with Crippen LogP contribution in [0.25, 0.3) is 6.08 Å². The molecule has 0 heterocycles. The highest BCUT2D eigenvalue weighted by Crippen LogP contribution is 2.28. The van der Waals surface area contributed by atoms with Gasteiger partial charge in [0.15, 0.2) is 0 Å². The molecule has 0 amide bonds. The molecule has 1 aromatic rings. The van der Waals surface area contributed by atoms with E-state index in [2.05, 4.69) is 32.9 Å². The van der Waals surface area contributed by atoms with Gasteiger partial charge in [0.1, 0.15) is 11.5 Å². The maximum Gasteiger partial charge on any atom is 0.126 e. The smallest absolute Gasteiger partial charge is 0.126 e. The van der Waals surface area contributed by atoms with Crippen LogP contribution in [-0.2, 0) is 0 Å². The number of methoxy groups -OCH3 is 2. The van der Waals surface area contributed by atoms with Crippen molar-refractivity contribution in [2.24, 2.45) is 5.41 Å². The van der Waals surface area contributed by atoms with Crippen LogP contribution in [0.5, 0.6) is 11.5 Å².